The van der Waals surface area contributed by atoms with Crippen molar-refractivity contribution in [3.05, 3.63) is 34.5 Å². The van der Waals surface area contributed by atoms with E-state index in [2.05, 4.69) is 16.0 Å². The van der Waals surface area contributed by atoms with Crippen LogP contribution in [0.5, 0.6) is 0 Å². The van der Waals surface area contributed by atoms with Gasteiger partial charge in [0.2, 0.25) is 0 Å². The van der Waals surface area contributed by atoms with E-state index in [0.717, 1.165) is 32.4 Å². The number of benzene rings is 1. The van der Waals surface area contributed by atoms with Gasteiger partial charge in [0.05, 0.1) is 38.2 Å². The van der Waals surface area contributed by atoms with Gasteiger partial charge in [-0.25, -0.2) is 9.97 Å². The van der Waals surface area contributed by atoms with Crippen LogP contribution >= 0.6 is 11.3 Å². The fourth-order valence-corrected chi connectivity index (χ4v) is 3.15. The molecule has 2 aromatic heterocycles. The largest absolute Gasteiger partial charge is 0.326 e. The van der Waals surface area contributed by atoms with E-state index in [9.17, 15) is 0 Å². The molecule has 0 spiro atoms. The van der Waals surface area contributed by atoms with Gasteiger partial charge in [-0.3, -0.25) is 0 Å². The fourth-order valence-electron chi connectivity index (χ4n) is 2.20. The lowest BCUT2D eigenvalue weighted by Gasteiger charge is -2.00. The van der Waals surface area contributed by atoms with Crippen LogP contribution in [0.25, 0.3) is 21.7 Å². The predicted molar refractivity (Wildman–Crippen MR) is 76.0 cm³/mol. The highest BCUT2D eigenvalue weighted by Crippen LogP contribution is 2.31. The molecule has 0 saturated carbocycles. The van der Waals surface area contributed by atoms with E-state index in [1.54, 1.807) is 17.4 Å². The van der Waals surface area contributed by atoms with E-state index in [4.69, 9.17) is 5.26 Å². The summed E-state index contributed by atoms with van der Waals surface area (Å²) in [6.45, 7) is 4.00. The van der Waals surface area contributed by atoms with Crippen LogP contribution in [0.4, 0.5) is 0 Å². The zero-order valence-corrected chi connectivity index (χ0v) is 11.7. The number of thiazole rings is 1. The lowest BCUT2D eigenvalue weighted by atomic mass is 10.2. The second-order valence-electron chi connectivity index (χ2n) is 4.46. The average molecular weight is 268 g/mol. The van der Waals surface area contributed by atoms with Crippen molar-refractivity contribution < 1.29 is 0 Å². The maximum Gasteiger partial charge on any atom is 0.152 e. The van der Waals surface area contributed by atoms with Crippen LogP contribution in [0.1, 0.15) is 16.3 Å². The number of hydrogen-bond donors (Lipinski definition) is 0. The summed E-state index contributed by atoms with van der Waals surface area (Å²) < 4.78 is 2.02. The smallest absolute Gasteiger partial charge is 0.152 e. The molecule has 0 unspecified atom stereocenters. The number of hydrogen-bond acceptors (Lipinski definition) is 4. The van der Waals surface area contributed by atoms with E-state index < -0.39 is 0 Å². The Hall–Kier alpha value is -2.19. The van der Waals surface area contributed by atoms with E-state index in [-0.39, 0.29) is 0 Å². The summed E-state index contributed by atoms with van der Waals surface area (Å²) in [5, 5.41) is 10.0. The van der Waals surface area contributed by atoms with Crippen molar-refractivity contribution >= 4 is 22.4 Å². The van der Waals surface area contributed by atoms with Crippen LogP contribution in [0, 0.1) is 25.2 Å². The number of aromatic nitrogens is 3. The van der Waals surface area contributed by atoms with E-state index in [1.807, 2.05) is 37.6 Å². The summed E-state index contributed by atoms with van der Waals surface area (Å²) in [5.74, 6) is 0.910. The van der Waals surface area contributed by atoms with Gasteiger partial charge in [-0.1, -0.05) is 0 Å². The molecule has 0 saturated heterocycles. The predicted octanol–water partition coefficient (Wildman–Crippen LogP) is 3.19. The van der Waals surface area contributed by atoms with Crippen molar-refractivity contribution in [3.8, 4) is 16.8 Å². The molecule has 2 heterocycles. The molecule has 3 aromatic rings. The molecule has 3 rings (SSSR count). The summed E-state index contributed by atoms with van der Waals surface area (Å²) in [6.07, 6.45) is 0. The molecule has 5 heteroatoms. The summed E-state index contributed by atoms with van der Waals surface area (Å²) in [7, 11) is 1.97. The van der Waals surface area contributed by atoms with E-state index in [1.165, 1.54) is 0 Å². The monoisotopic (exact) mass is 268 g/mol. The summed E-state index contributed by atoms with van der Waals surface area (Å²) in [5.41, 5.74) is 3.53. The van der Waals surface area contributed by atoms with Crippen LogP contribution in [0.3, 0.4) is 0 Å². The summed E-state index contributed by atoms with van der Waals surface area (Å²) in [6, 6.07) is 7.72. The van der Waals surface area contributed by atoms with Gasteiger partial charge in [0.15, 0.2) is 5.82 Å². The standard InChI is InChI=1S/C14H12N4S/c1-8-13(19-9(2)16-8)14-17-11-5-4-10(7-15)6-12(11)18(14)3/h4-6H,1-3H3. The third-order valence-electron chi connectivity index (χ3n) is 3.12. The van der Waals surface area contributed by atoms with Gasteiger partial charge in [0.1, 0.15) is 0 Å². The minimum atomic E-state index is 0.652. The molecular formula is C14H12N4S. The van der Waals surface area contributed by atoms with Gasteiger partial charge in [0, 0.05) is 7.05 Å². The Kier molecular flexibility index (Phi) is 2.61. The quantitative estimate of drug-likeness (QED) is 0.681. The molecule has 0 fully saturated rings. The lowest BCUT2D eigenvalue weighted by Crippen LogP contribution is -1.92. The highest BCUT2D eigenvalue weighted by molar-refractivity contribution is 7.15. The zero-order chi connectivity index (χ0) is 13.6. The highest BCUT2D eigenvalue weighted by atomic mass is 32.1. The van der Waals surface area contributed by atoms with Crippen molar-refractivity contribution in [2.45, 2.75) is 13.8 Å². The molecule has 0 amide bonds. The molecule has 19 heavy (non-hydrogen) atoms. The topological polar surface area (TPSA) is 54.5 Å². The van der Waals surface area contributed by atoms with Gasteiger partial charge in [-0.05, 0) is 32.0 Å². The number of aryl methyl sites for hydroxylation is 3. The Morgan fingerprint density at radius 2 is 2.05 bits per heavy atom. The Bertz CT molecular complexity index is 820. The Morgan fingerprint density at radius 3 is 2.68 bits per heavy atom. The Balaban J connectivity index is 2.29. The molecule has 1 aromatic carbocycles. The van der Waals surface area contributed by atoms with Crippen molar-refractivity contribution in [1.29, 1.82) is 5.26 Å². The first-order valence-electron chi connectivity index (χ1n) is 5.91. The molecule has 0 aliphatic heterocycles. The van der Waals surface area contributed by atoms with E-state index >= 15 is 0 Å². The Labute approximate surface area is 115 Å². The molecule has 0 aliphatic rings. The number of nitriles is 1. The summed E-state index contributed by atoms with van der Waals surface area (Å²) >= 11 is 1.65. The van der Waals surface area contributed by atoms with Gasteiger partial charge >= 0.3 is 0 Å². The minimum absolute atomic E-state index is 0.652. The summed E-state index contributed by atoms with van der Waals surface area (Å²) in [4.78, 5) is 10.2. The average Bonchev–Trinajstić information content (AvgIpc) is 2.89. The van der Waals surface area contributed by atoms with Crippen molar-refractivity contribution in [1.82, 2.24) is 14.5 Å². The van der Waals surface area contributed by atoms with Crippen molar-refractivity contribution in [2.24, 2.45) is 7.05 Å². The molecule has 94 valence electrons. The number of rotatable bonds is 1. The van der Waals surface area contributed by atoms with Crippen LogP contribution < -0.4 is 0 Å². The third-order valence-corrected chi connectivity index (χ3v) is 4.19. The molecule has 0 N–H and O–H groups in total. The minimum Gasteiger partial charge on any atom is -0.326 e. The van der Waals surface area contributed by atoms with E-state index in [0.29, 0.717) is 5.56 Å². The number of fused-ring (bicyclic) bond motifs is 1. The van der Waals surface area contributed by atoms with Crippen LogP contribution in [0.15, 0.2) is 18.2 Å². The molecule has 0 atom stereocenters. The maximum atomic E-state index is 8.97. The van der Waals surface area contributed by atoms with Gasteiger partial charge < -0.3 is 4.57 Å². The first-order valence-corrected chi connectivity index (χ1v) is 6.73. The zero-order valence-electron chi connectivity index (χ0n) is 10.9. The second kappa shape index (κ2) is 4.18. The van der Waals surface area contributed by atoms with Crippen molar-refractivity contribution in [3.63, 3.8) is 0 Å². The van der Waals surface area contributed by atoms with Crippen LogP contribution in [-0.4, -0.2) is 14.5 Å². The highest BCUT2D eigenvalue weighted by Gasteiger charge is 2.15. The first-order chi connectivity index (χ1) is 9.10. The molecule has 0 aliphatic carbocycles. The second-order valence-corrected chi connectivity index (χ2v) is 5.66. The third kappa shape index (κ3) is 1.81. The van der Waals surface area contributed by atoms with Crippen LogP contribution in [-0.2, 0) is 7.05 Å². The molecule has 0 bridgehead atoms. The number of nitrogens with zero attached hydrogens (tertiary/aromatic N) is 4. The fraction of sp³-hybridized carbons (Fsp3) is 0.214. The van der Waals surface area contributed by atoms with Crippen molar-refractivity contribution in [2.75, 3.05) is 0 Å². The molecule has 4 nitrogen and oxygen atoms in total. The van der Waals surface area contributed by atoms with Gasteiger partial charge in [-0.2, -0.15) is 5.26 Å². The van der Waals surface area contributed by atoms with Gasteiger partial charge in [-0.15, -0.1) is 11.3 Å². The lowest BCUT2D eigenvalue weighted by molar-refractivity contribution is 0.959. The SMILES string of the molecule is Cc1nc(C)c(-c2nc3ccc(C#N)cc3n2C)s1. The number of imidazole rings is 1. The Morgan fingerprint density at radius 1 is 1.26 bits per heavy atom. The maximum absolute atomic E-state index is 8.97. The molecular weight excluding hydrogens is 256 g/mol. The normalized spacial score (nSPS) is 10.8. The first kappa shape index (κ1) is 11.9. The van der Waals surface area contributed by atoms with Gasteiger partial charge in [0.25, 0.3) is 0 Å². The van der Waals surface area contributed by atoms with Crippen LogP contribution in [0.2, 0.25) is 0 Å². The molecule has 0 radical (unpaired) electrons.